The molecular formula is C12H14BrF3N2O. The highest BCUT2D eigenvalue weighted by Crippen LogP contribution is 2.33. The fraction of sp³-hybridized carbons (Fsp3) is 0.417. The van der Waals surface area contributed by atoms with Crippen LogP contribution >= 0.6 is 15.9 Å². The zero-order valence-electron chi connectivity index (χ0n) is 10.2. The minimum atomic E-state index is -4.57. The largest absolute Gasteiger partial charge is 0.417 e. The van der Waals surface area contributed by atoms with Gasteiger partial charge in [0.05, 0.1) is 11.1 Å². The highest BCUT2D eigenvalue weighted by molar-refractivity contribution is 9.10. The monoisotopic (exact) mass is 338 g/mol. The molecule has 106 valence electrons. The molecule has 1 aromatic carbocycles. The van der Waals surface area contributed by atoms with E-state index in [4.69, 9.17) is 5.73 Å². The molecule has 0 aromatic heterocycles. The third-order valence-electron chi connectivity index (χ3n) is 2.42. The quantitative estimate of drug-likeness (QED) is 0.886. The third kappa shape index (κ3) is 4.83. The molecule has 3 N–H and O–H groups in total. The minimum absolute atomic E-state index is 0.118. The first kappa shape index (κ1) is 16.0. The van der Waals surface area contributed by atoms with Crippen LogP contribution < -0.4 is 11.1 Å². The van der Waals surface area contributed by atoms with Gasteiger partial charge in [-0.1, -0.05) is 15.9 Å². The highest BCUT2D eigenvalue weighted by Gasteiger charge is 2.35. The number of nitrogens with one attached hydrogen (secondary N) is 1. The van der Waals surface area contributed by atoms with Crippen LogP contribution in [0.3, 0.4) is 0 Å². The van der Waals surface area contributed by atoms with Gasteiger partial charge in [0, 0.05) is 17.1 Å². The van der Waals surface area contributed by atoms with Crippen molar-refractivity contribution in [1.82, 2.24) is 5.32 Å². The normalized spacial score (nSPS) is 13.2. The van der Waals surface area contributed by atoms with E-state index in [1.54, 1.807) is 6.92 Å². The van der Waals surface area contributed by atoms with E-state index >= 15 is 0 Å². The summed E-state index contributed by atoms with van der Waals surface area (Å²) in [6.07, 6.45) is -4.07. The van der Waals surface area contributed by atoms with E-state index in [-0.39, 0.29) is 22.6 Å². The average Bonchev–Trinajstić information content (AvgIpc) is 2.27. The molecule has 0 saturated heterocycles. The maximum Gasteiger partial charge on any atom is 0.417 e. The van der Waals surface area contributed by atoms with Crippen LogP contribution in [0.25, 0.3) is 0 Å². The summed E-state index contributed by atoms with van der Waals surface area (Å²) >= 11 is 2.96. The van der Waals surface area contributed by atoms with Crippen LogP contribution in [0.4, 0.5) is 13.2 Å². The Morgan fingerprint density at radius 3 is 2.63 bits per heavy atom. The summed E-state index contributed by atoms with van der Waals surface area (Å²) < 4.78 is 38.7. The van der Waals surface area contributed by atoms with Gasteiger partial charge in [0.1, 0.15) is 0 Å². The molecule has 1 atom stereocenters. The van der Waals surface area contributed by atoms with Gasteiger partial charge in [0.15, 0.2) is 0 Å². The van der Waals surface area contributed by atoms with E-state index in [0.717, 1.165) is 12.1 Å². The zero-order valence-corrected chi connectivity index (χ0v) is 11.8. The van der Waals surface area contributed by atoms with Gasteiger partial charge in [0.2, 0.25) is 0 Å². The lowest BCUT2D eigenvalue weighted by Gasteiger charge is -2.13. The number of nitrogens with two attached hydrogens (primary N) is 1. The molecule has 1 amide bonds. The van der Waals surface area contributed by atoms with E-state index in [9.17, 15) is 18.0 Å². The predicted molar refractivity (Wildman–Crippen MR) is 69.7 cm³/mol. The fourth-order valence-electron chi connectivity index (χ4n) is 1.46. The Kier molecular flexibility index (Phi) is 5.37. The van der Waals surface area contributed by atoms with E-state index in [1.807, 2.05) is 0 Å². The maximum atomic E-state index is 12.8. The third-order valence-corrected chi connectivity index (χ3v) is 2.91. The van der Waals surface area contributed by atoms with Crippen molar-refractivity contribution in [3.05, 3.63) is 33.8 Å². The van der Waals surface area contributed by atoms with Gasteiger partial charge in [-0.05, 0) is 31.5 Å². The van der Waals surface area contributed by atoms with Crippen molar-refractivity contribution in [2.45, 2.75) is 25.6 Å². The molecule has 0 fully saturated rings. The number of halogens is 4. The van der Waals surface area contributed by atoms with Gasteiger partial charge in [0.25, 0.3) is 5.91 Å². The standard InChI is InChI=1S/C12H14BrF3N2O/c1-7(17)4-5-18-11(19)9-3-2-8(13)6-10(9)12(14,15)16/h2-3,6-7H,4-5,17H2,1H3,(H,18,19). The summed E-state index contributed by atoms with van der Waals surface area (Å²) in [5.74, 6) is -0.750. The molecule has 0 aliphatic rings. The Morgan fingerprint density at radius 2 is 2.11 bits per heavy atom. The lowest BCUT2D eigenvalue weighted by Crippen LogP contribution is -2.30. The fourth-order valence-corrected chi connectivity index (χ4v) is 1.82. The minimum Gasteiger partial charge on any atom is -0.352 e. The highest BCUT2D eigenvalue weighted by atomic mass is 79.9. The molecule has 0 aliphatic heterocycles. The second kappa shape index (κ2) is 6.38. The van der Waals surface area contributed by atoms with Crippen LogP contribution in [0.5, 0.6) is 0 Å². The first-order valence-corrected chi connectivity index (χ1v) is 6.41. The van der Waals surface area contributed by atoms with E-state index in [0.29, 0.717) is 6.42 Å². The molecule has 0 heterocycles. The van der Waals surface area contributed by atoms with Crippen molar-refractivity contribution in [2.24, 2.45) is 5.73 Å². The van der Waals surface area contributed by atoms with Crippen molar-refractivity contribution < 1.29 is 18.0 Å². The van der Waals surface area contributed by atoms with Gasteiger partial charge in [-0.25, -0.2) is 0 Å². The van der Waals surface area contributed by atoms with Gasteiger partial charge < -0.3 is 11.1 Å². The van der Waals surface area contributed by atoms with E-state index in [2.05, 4.69) is 21.2 Å². The molecule has 1 aromatic rings. The first-order chi connectivity index (χ1) is 8.71. The number of benzene rings is 1. The summed E-state index contributed by atoms with van der Waals surface area (Å²) in [6, 6.07) is 3.32. The zero-order chi connectivity index (χ0) is 14.6. The predicted octanol–water partition coefficient (Wildman–Crippen LogP) is 2.94. The molecule has 0 spiro atoms. The second-order valence-corrected chi connectivity index (χ2v) is 5.13. The number of carbonyl (C=O) groups is 1. The Bertz CT molecular complexity index is 461. The van der Waals surface area contributed by atoms with Crippen LogP contribution in [0.15, 0.2) is 22.7 Å². The van der Waals surface area contributed by atoms with Gasteiger partial charge in [-0.3, -0.25) is 4.79 Å². The number of hydrogen-bond acceptors (Lipinski definition) is 2. The van der Waals surface area contributed by atoms with Crippen LogP contribution in [0, 0.1) is 0 Å². The molecule has 19 heavy (non-hydrogen) atoms. The molecule has 1 unspecified atom stereocenters. The molecule has 0 radical (unpaired) electrons. The van der Waals surface area contributed by atoms with Crippen molar-refractivity contribution in [2.75, 3.05) is 6.54 Å². The second-order valence-electron chi connectivity index (χ2n) is 4.21. The summed E-state index contributed by atoms with van der Waals surface area (Å²) in [6.45, 7) is 2.00. The first-order valence-electron chi connectivity index (χ1n) is 5.62. The van der Waals surface area contributed by atoms with E-state index in [1.165, 1.54) is 6.07 Å². The number of rotatable bonds is 4. The Morgan fingerprint density at radius 1 is 1.47 bits per heavy atom. The SMILES string of the molecule is CC(N)CCNC(=O)c1ccc(Br)cc1C(F)(F)F. The molecule has 3 nitrogen and oxygen atoms in total. The van der Waals surface area contributed by atoms with Crippen molar-refractivity contribution >= 4 is 21.8 Å². The van der Waals surface area contributed by atoms with Crippen molar-refractivity contribution in [3.63, 3.8) is 0 Å². The van der Waals surface area contributed by atoms with Crippen molar-refractivity contribution in [1.29, 1.82) is 0 Å². The Labute approximate surface area is 117 Å². The van der Waals surface area contributed by atoms with Crippen LogP contribution in [0.1, 0.15) is 29.3 Å². The van der Waals surface area contributed by atoms with E-state index < -0.39 is 17.6 Å². The number of carbonyl (C=O) groups excluding carboxylic acids is 1. The molecule has 0 bridgehead atoms. The molecular weight excluding hydrogens is 325 g/mol. The lowest BCUT2D eigenvalue weighted by molar-refractivity contribution is -0.138. The van der Waals surface area contributed by atoms with Crippen LogP contribution in [0.2, 0.25) is 0 Å². The number of hydrogen-bond donors (Lipinski definition) is 2. The van der Waals surface area contributed by atoms with Gasteiger partial charge in [-0.15, -0.1) is 0 Å². The Hall–Kier alpha value is -1.08. The smallest absolute Gasteiger partial charge is 0.352 e. The molecule has 1 rings (SSSR count). The van der Waals surface area contributed by atoms with Gasteiger partial charge >= 0.3 is 6.18 Å². The summed E-state index contributed by atoms with van der Waals surface area (Å²) in [5, 5.41) is 2.43. The lowest BCUT2D eigenvalue weighted by atomic mass is 10.1. The summed E-state index contributed by atoms with van der Waals surface area (Å²) in [7, 11) is 0. The summed E-state index contributed by atoms with van der Waals surface area (Å²) in [5.41, 5.74) is 4.15. The van der Waals surface area contributed by atoms with Crippen molar-refractivity contribution in [3.8, 4) is 0 Å². The topological polar surface area (TPSA) is 55.1 Å². The average molecular weight is 339 g/mol. The maximum absolute atomic E-state index is 12.8. The van der Waals surface area contributed by atoms with Gasteiger partial charge in [-0.2, -0.15) is 13.2 Å². The molecule has 0 saturated carbocycles. The Balaban J connectivity index is 2.91. The number of amides is 1. The molecule has 7 heteroatoms. The number of alkyl halides is 3. The molecule has 0 aliphatic carbocycles. The van der Waals surface area contributed by atoms with Crippen LogP contribution in [-0.4, -0.2) is 18.5 Å². The summed E-state index contributed by atoms with van der Waals surface area (Å²) in [4.78, 5) is 11.7. The van der Waals surface area contributed by atoms with Crippen LogP contribution in [-0.2, 0) is 6.18 Å².